The Kier molecular flexibility index (Phi) is 4.70. The summed E-state index contributed by atoms with van der Waals surface area (Å²) in [6.45, 7) is 3.61. The lowest BCUT2D eigenvalue weighted by Crippen LogP contribution is -2.28. The van der Waals surface area contributed by atoms with Gasteiger partial charge in [0.15, 0.2) is 9.84 Å². The largest absolute Gasteiger partial charge is 0.489 e. The molecule has 0 heterocycles. The fourth-order valence-electron chi connectivity index (χ4n) is 1.37. The lowest BCUT2D eigenvalue weighted by molar-refractivity contribution is 0.241. The van der Waals surface area contributed by atoms with Gasteiger partial charge in [0.25, 0.3) is 0 Å². The summed E-state index contributed by atoms with van der Waals surface area (Å²) in [7, 11) is -3.40. The molecule has 0 bridgehead atoms. The maximum atomic E-state index is 11.5. The summed E-state index contributed by atoms with van der Waals surface area (Å²) in [4.78, 5) is 11.2. The van der Waals surface area contributed by atoms with Crippen molar-refractivity contribution in [2.75, 3.05) is 10.6 Å². The lowest BCUT2D eigenvalue weighted by Gasteiger charge is -2.19. The number of thiol groups is 1. The Balaban J connectivity index is 3.38. The summed E-state index contributed by atoms with van der Waals surface area (Å²) >= 11 is 3.93. The van der Waals surface area contributed by atoms with Crippen LogP contribution in [0.2, 0.25) is 0 Å². The van der Waals surface area contributed by atoms with E-state index in [4.69, 9.17) is 10.5 Å². The number of rotatable bonds is 4. The van der Waals surface area contributed by atoms with E-state index in [1.807, 2.05) is 0 Å². The first-order valence-corrected chi connectivity index (χ1v) is 7.71. The van der Waals surface area contributed by atoms with Crippen molar-refractivity contribution in [2.24, 2.45) is 5.73 Å². The predicted octanol–water partition coefficient (Wildman–Crippen LogP) is 1.61. The van der Waals surface area contributed by atoms with Crippen LogP contribution < -0.4 is 14.8 Å². The number of ether oxygens (including phenoxy) is 1. The zero-order valence-corrected chi connectivity index (χ0v) is 12.5. The first kappa shape index (κ1) is 15.6. The SMILES string of the molecule is CC(C)Oc1ccc(S(C)(=O)=O)cc1N(S)C(N)=O. The van der Waals surface area contributed by atoms with Gasteiger partial charge in [-0.2, -0.15) is 0 Å². The number of sulfone groups is 1. The van der Waals surface area contributed by atoms with Crippen molar-refractivity contribution in [1.82, 2.24) is 0 Å². The molecule has 0 unspecified atom stereocenters. The first-order chi connectivity index (χ1) is 8.62. The number of urea groups is 1. The van der Waals surface area contributed by atoms with Crippen molar-refractivity contribution in [3.63, 3.8) is 0 Å². The van der Waals surface area contributed by atoms with Crippen LogP contribution in [0.1, 0.15) is 13.8 Å². The smallest absolute Gasteiger partial charge is 0.329 e. The summed E-state index contributed by atoms with van der Waals surface area (Å²) in [5, 5.41) is 0. The number of carbonyl (C=O) groups excluding carboxylic acids is 1. The molecule has 106 valence electrons. The van der Waals surface area contributed by atoms with Gasteiger partial charge in [-0.3, -0.25) is 0 Å². The van der Waals surface area contributed by atoms with Gasteiger partial charge in [-0.1, -0.05) is 12.8 Å². The van der Waals surface area contributed by atoms with Gasteiger partial charge in [0, 0.05) is 6.26 Å². The van der Waals surface area contributed by atoms with Gasteiger partial charge in [0.2, 0.25) is 0 Å². The van der Waals surface area contributed by atoms with Crippen LogP contribution in [0.25, 0.3) is 0 Å². The third-order valence-corrected chi connectivity index (χ3v) is 3.68. The molecule has 2 amide bonds. The van der Waals surface area contributed by atoms with E-state index in [1.165, 1.54) is 18.2 Å². The van der Waals surface area contributed by atoms with Gasteiger partial charge >= 0.3 is 6.03 Å². The number of carbonyl (C=O) groups is 1. The Bertz CT molecular complexity index is 584. The second kappa shape index (κ2) is 5.70. The highest BCUT2D eigenvalue weighted by molar-refractivity contribution is 7.90. The highest BCUT2D eigenvalue weighted by Crippen LogP contribution is 2.32. The molecule has 8 heteroatoms. The summed E-state index contributed by atoms with van der Waals surface area (Å²) in [6.07, 6.45) is 0.930. The number of benzene rings is 1. The fraction of sp³-hybridized carbons (Fsp3) is 0.364. The Hall–Kier alpha value is -1.41. The molecule has 0 fully saturated rings. The second-order valence-electron chi connectivity index (χ2n) is 4.22. The van der Waals surface area contributed by atoms with Crippen LogP contribution in [-0.2, 0) is 9.84 Å². The molecule has 0 atom stereocenters. The van der Waals surface area contributed by atoms with Gasteiger partial charge in [0.05, 0.1) is 11.0 Å². The second-order valence-corrected chi connectivity index (χ2v) is 6.63. The van der Waals surface area contributed by atoms with Crippen LogP contribution in [0, 0.1) is 0 Å². The number of primary amides is 1. The van der Waals surface area contributed by atoms with Crippen LogP contribution in [0.4, 0.5) is 10.5 Å². The maximum Gasteiger partial charge on any atom is 0.329 e. The number of hydrogen-bond donors (Lipinski definition) is 2. The van der Waals surface area contributed by atoms with Crippen LogP contribution in [0.3, 0.4) is 0 Å². The Labute approximate surface area is 118 Å². The van der Waals surface area contributed by atoms with Crippen molar-refractivity contribution in [2.45, 2.75) is 24.8 Å². The number of nitrogens with zero attached hydrogens (tertiary/aromatic N) is 1. The molecule has 0 saturated heterocycles. The molecular weight excluding hydrogens is 288 g/mol. The Morgan fingerprint density at radius 2 is 2.00 bits per heavy atom. The quantitative estimate of drug-likeness (QED) is 0.827. The molecule has 0 radical (unpaired) electrons. The fourth-order valence-corrected chi connectivity index (χ4v) is 2.16. The number of hydrogen-bond acceptors (Lipinski definition) is 5. The number of nitrogens with two attached hydrogens (primary N) is 1. The molecule has 1 rings (SSSR count). The third kappa shape index (κ3) is 4.03. The van der Waals surface area contributed by atoms with Crippen LogP contribution in [-0.4, -0.2) is 26.8 Å². The highest BCUT2D eigenvalue weighted by atomic mass is 32.2. The lowest BCUT2D eigenvalue weighted by atomic mass is 10.3. The molecule has 0 aliphatic heterocycles. The van der Waals surface area contributed by atoms with Crippen LogP contribution in [0.15, 0.2) is 23.1 Å². The van der Waals surface area contributed by atoms with E-state index in [-0.39, 0.29) is 16.7 Å². The maximum absolute atomic E-state index is 11.5. The topological polar surface area (TPSA) is 89.7 Å². The van der Waals surface area contributed by atoms with E-state index in [0.717, 1.165) is 10.6 Å². The Morgan fingerprint density at radius 3 is 2.42 bits per heavy atom. The summed E-state index contributed by atoms with van der Waals surface area (Å²) in [6, 6.07) is 3.34. The van der Waals surface area contributed by atoms with E-state index >= 15 is 0 Å². The summed E-state index contributed by atoms with van der Waals surface area (Å²) in [5.41, 5.74) is 5.32. The van der Waals surface area contributed by atoms with Gasteiger partial charge in [0.1, 0.15) is 11.4 Å². The molecule has 1 aromatic carbocycles. The standard InChI is InChI=1S/C11H16N2O4S2/c1-7(2)17-10-5-4-8(19(3,15)16)6-9(10)13(18)11(12)14/h4-7,18H,1-3H3,(H2,12,14). The number of anilines is 1. The molecule has 0 saturated carbocycles. The monoisotopic (exact) mass is 304 g/mol. The molecule has 2 N–H and O–H groups in total. The molecule has 0 aliphatic rings. The molecular formula is C11H16N2O4S2. The van der Waals surface area contributed by atoms with Gasteiger partial charge in [-0.05, 0) is 32.0 Å². The van der Waals surface area contributed by atoms with Gasteiger partial charge in [-0.15, -0.1) is 0 Å². The minimum Gasteiger partial charge on any atom is -0.489 e. The van der Waals surface area contributed by atoms with E-state index in [2.05, 4.69) is 12.8 Å². The summed E-state index contributed by atoms with van der Waals surface area (Å²) in [5.74, 6) is 0.330. The summed E-state index contributed by atoms with van der Waals surface area (Å²) < 4.78 is 29.4. The Morgan fingerprint density at radius 1 is 1.42 bits per heavy atom. The molecule has 6 nitrogen and oxygen atoms in total. The van der Waals surface area contributed by atoms with Crippen molar-refractivity contribution >= 4 is 34.4 Å². The van der Waals surface area contributed by atoms with Crippen LogP contribution in [0.5, 0.6) is 5.75 Å². The van der Waals surface area contributed by atoms with Gasteiger partial charge < -0.3 is 10.5 Å². The van der Waals surface area contributed by atoms with Crippen molar-refractivity contribution < 1.29 is 17.9 Å². The van der Waals surface area contributed by atoms with E-state index in [0.29, 0.717) is 5.75 Å². The first-order valence-electron chi connectivity index (χ1n) is 5.42. The van der Waals surface area contributed by atoms with Crippen molar-refractivity contribution in [1.29, 1.82) is 0 Å². The zero-order valence-electron chi connectivity index (χ0n) is 10.8. The van der Waals surface area contributed by atoms with E-state index in [1.54, 1.807) is 13.8 Å². The normalized spacial score (nSPS) is 11.4. The average molecular weight is 304 g/mol. The highest BCUT2D eigenvalue weighted by Gasteiger charge is 2.18. The molecule has 0 aliphatic carbocycles. The van der Waals surface area contributed by atoms with Crippen LogP contribution >= 0.6 is 12.8 Å². The van der Waals surface area contributed by atoms with E-state index < -0.39 is 15.9 Å². The molecule has 19 heavy (non-hydrogen) atoms. The minimum atomic E-state index is -3.40. The van der Waals surface area contributed by atoms with Gasteiger partial charge in [-0.25, -0.2) is 17.5 Å². The zero-order chi connectivity index (χ0) is 14.8. The molecule has 0 spiro atoms. The molecule has 1 aromatic rings. The average Bonchev–Trinajstić information content (AvgIpc) is 2.26. The number of amides is 2. The minimum absolute atomic E-state index is 0.0545. The third-order valence-electron chi connectivity index (χ3n) is 2.16. The predicted molar refractivity (Wildman–Crippen MR) is 76.4 cm³/mol. The molecule has 0 aromatic heterocycles. The van der Waals surface area contributed by atoms with E-state index in [9.17, 15) is 13.2 Å². The van der Waals surface area contributed by atoms with Crippen molar-refractivity contribution in [3.05, 3.63) is 18.2 Å². The van der Waals surface area contributed by atoms with Crippen molar-refractivity contribution in [3.8, 4) is 5.75 Å².